The number of carbonyl (C=O) groups is 1. The van der Waals surface area contributed by atoms with Crippen molar-refractivity contribution in [3.8, 4) is 0 Å². The van der Waals surface area contributed by atoms with Crippen molar-refractivity contribution in [2.24, 2.45) is 0 Å². The number of ether oxygens (including phenoxy) is 1. The fourth-order valence-corrected chi connectivity index (χ4v) is 1.17. The summed E-state index contributed by atoms with van der Waals surface area (Å²) >= 11 is 0. The Kier molecular flexibility index (Phi) is 4.08. The summed E-state index contributed by atoms with van der Waals surface area (Å²) in [7, 11) is 0. The maximum absolute atomic E-state index is 10.1. The van der Waals surface area contributed by atoms with E-state index in [1.165, 1.54) is 19.3 Å². The lowest BCUT2D eigenvalue weighted by molar-refractivity contribution is -0.137. The topological polar surface area (TPSA) is 46.5 Å². The van der Waals surface area contributed by atoms with E-state index in [-0.39, 0.29) is 6.42 Å². The summed E-state index contributed by atoms with van der Waals surface area (Å²) in [6.45, 7) is 0.734. The van der Waals surface area contributed by atoms with Gasteiger partial charge in [-0.05, 0) is 32.1 Å². The number of unbranched alkanes of at least 4 members (excludes halogenated alkanes) is 1. The zero-order chi connectivity index (χ0) is 8.81. The Morgan fingerprint density at radius 2 is 2.17 bits per heavy atom. The molecule has 3 nitrogen and oxygen atoms in total. The minimum Gasteiger partial charge on any atom is -0.481 e. The summed E-state index contributed by atoms with van der Waals surface area (Å²) in [5.74, 6) is -0.710. The summed E-state index contributed by atoms with van der Waals surface area (Å²) < 4.78 is 5.47. The number of carboxylic acids is 1. The SMILES string of the molecule is O=C(O)CCCCOC1CCC1. The van der Waals surface area contributed by atoms with Crippen LogP contribution < -0.4 is 0 Å². The average Bonchev–Trinajstić information content (AvgIpc) is 1.92. The van der Waals surface area contributed by atoms with Gasteiger partial charge in [0.1, 0.15) is 0 Å². The minimum atomic E-state index is -0.710. The Labute approximate surface area is 72.7 Å². The number of hydrogen-bond donors (Lipinski definition) is 1. The molecule has 0 heterocycles. The Morgan fingerprint density at radius 1 is 1.42 bits per heavy atom. The first kappa shape index (κ1) is 9.52. The van der Waals surface area contributed by atoms with Crippen LogP contribution in [0.4, 0.5) is 0 Å². The molecule has 0 aliphatic heterocycles. The van der Waals surface area contributed by atoms with Crippen LogP contribution in [0.3, 0.4) is 0 Å². The second-order valence-corrected chi connectivity index (χ2v) is 3.27. The third-order valence-corrected chi connectivity index (χ3v) is 2.19. The Balaban J connectivity index is 1.79. The quantitative estimate of drug-likeness (QED) is 0.621. The van der Waals surface area contributed by atoms with Crippen LogP contribution in [0.15, 0.2) is 0 Å². The molecule has 12 heavy (non-hydrogen) atoms. The molecule has 0 radical (unpaired) electrons. The zero-order valence-corrected chi connectivity index (χ0v) is 7.29. The summed E-state index contributed by atoms with van der Waals surface area (Å²) in [4.78, 5) is 10.1. The molecule has 1 saturated carbocycles. The highest BCUT2D eigenvalue weighted by atomic mass is 16.5. The molecule has 3 heteroatoms. The molecule has 0 aromatic rings. The molecule has 0 bridgehead atoms. The molecule has 1 aliphatic rings. The van der Waals surface area contributed by atoms with E-state index in [4.69, 9.17) is 9.84 Å². The van der Waals surface area contributed by atoms with E-state index in [9.17, 15) is 4.79 Å². The summed E-state index contributed by atoms with van der Waals surface area (Å²) in [6.07, 6.45) is 6.05. The molecule has 70 valence electrons. The van der Waals surface area contributed by atoms with Crippen LogP contribution in [-0.4, -0.2) is 23.8 Å². The normalized spacial score (nSPS) is 17.3. The fourth-order valence-electron chi connectivity index (χ4n) is 1.17. The van der Waals surface area contributed by atoms with Gasteiger partial charge in [-0.15, -0.1) is 0 Å². The molecule has 1 rings (SSSR count). The van der Waals surface area contributed by atoms with E-state index < -0.39 is 5.97 Å². The molecule has 1 fully saturated rings. The zero-order valence-electron chi connectivity index (χ0n) is 7.29. The number of aliphatic carboxylic acids is 1. The highest BCUT2D eigenvalue weighted by molar-refractivity contribution is 5.66. The molecular weight excluding hydrogens is 156 g/mol. The maximum atomic E-state index is 10.1. The first-order valence-corrected chi connectivity index (χ1v) is 4.62. The van der Waals surface area contributed by atoms with Crippen LogP contribution in [0.25, 0.3) is 0 Å². The second kappa shape index (κ2) is 5.14. The van der Waals surface area contributed by atoms with Crippen LogP contribution in [0, 0.1) is 0 Å². The Morgan fingerprint density at radius 3 is 2.67 bits per heavy atom. The van der Waals surface area contributed by atoms with Crippen molar-refractivity contribution < 1.29 is 14.6 Å². The van der Waals surface area contributed by atoms with E-state index in [2.05, 4.69) is 0 Å². The van der Waals surface area contributed by atoms with Crippen LogP contribution in [0.2, 0.25) is 0 Å². The molecule has 0 atom stereocenters. The molecule has 1 aliphatic carbocycles. The molecule has 0 spiro atoms. The van der Waals surface area contributed by atoms with Crippen molar-refractivity contribution >= 4 is 5.97 Å². The lowest BCUT2D eigenvalue weighted by Crippen LogP contribution is -2.21. The highest BCUT2D eigenvalue weighted by Gasteiger charge is 2.16. The van der Waals surface area contributed by atoms with E-state index in [0.29, 0.717) is 6.10 Å². The lowest BCUT2D eigenvalue weighted by Gasteiger charge is -2.25. The average molecular weight is 172 g/mol. The number of hydrogen-bond acceptors (Lipinski definition) is 2. The van der Waals surface area contributed by atoms with Gasteiger partial charge in [-0.25, -0.2) is 0 Å². The summed E-state index contributed by atoms with van der Waals surface area (Å²) in [6, 6.07) is 0. The molecular formula is C9H16O3. The molecule has 1 N–H and O–H groups in total. The van der Waals surface area contributed by atoms with Gasteiger partial charge in [0.25, 0.3) is 0 Å². The third-order valence-electron chi connectivity index (χ3n) is 2.19. The molecule has 0 amide bonds. The summed E-state index contributed by atoms with van der Waals surface area (Å²) in [5, 5.41) is 8.34. The van der Waals surface area contributed by atoms with Crippen molar-refractivity contribution in [3.05, 3.63) is 0 Å². The highest BCUT2D eigenvalue weighted by Crippen LogP contribution is 2.21. The van der Waals surface area contributed by atoms with Gasteiger partial charge in [-0.2, -0.15) is 0 Å². The fraction of sp³-hybridized carbons (Fsp3) is 0.889. The largest absolute Gasteiger partial charge is 0.481 e. The van der Waals surface area contributed by atoms with E-state index in [0.717, 1.165) is 19.4 Å². The van der Waals surface area contributed by atoms with Crippen molar-refractivity contribution in [2.75, 3.05) is 6.61 Å². The predicted octanol–water partition coefficient (Wildman–Crippen LogP) is 1.81. The Bertz CT molecular complexity index is 141. The van der Waals surface area contributed by atoms with E-state index >= 15 is 0 Å². The van der Waals surface area contributed by atoms with Gasteiger partial charge in [0.2, 0.25) is 0 Å². The van der Waals surface area contributed by atoms with Crippen molar-refractivity contribution in [3.63, 3.8) is 0 Å². The van der Waals surface area contributed by atoms with E-state index in [1.54, 1.807) is 0 Å². The van der Waals surface area contributed by atoms with Gasteiger partial charge in [0.15, 0.2) is 0 Å². The van der Waals surface area contributed by atoms with Gasteiger partial charge >= 0.3 is 5.97 Å². The molecule has 0 aromatic heterocycles. The molecule has 0 unspecified atom stereocenters. The van der Waals surface area contributed by atoms with Gasteiger partial charge in [-0.1, -0.05) is 0 Å². The van der Waals surface area contributed by atoms with Gasteiger partial charge < -0.3 is 9.84 Å². The molecule has 0 aromatic carbocycles. The monoisotopic (exact) mass is 172 g/mol. The van der Waals surface area contributed by atoms with Crippen molar-refractivity contribution in [2.45, 2.75) is 44.6 Å². The third kappa shape index (κ3) is 3.72. The standard InChI is InChI=1S/C9H16O3/c10-9(11)6-1-2-7-12-8-4-3-5-8/h8H,1-7H2,(H,10,11). The van der Waals surface area contributed by atoms with Crippen molar-refractivity contribution in [1.82, 2.24) is 0 Å². The lowest BCUT2D eigenvalue weighted by atomic mass is 9.96. The summed E-state index contributed by atoms with van der Waals surface area (Å²) in [5.41, 5.74) is 0. The van der Waals surface area contributed by atoms with Crippen molar-refractivity contribution in [1.29, 1.82) is 0 Å². The van der Waals surface area contributed by atoms with Crippen LogP contribution >= 0.6 is 0 Å². The van der Waals surface area contributed by atoms with Crippen LogP contribution in [0.1, 0.15) is 38.5 Å². The smallest absolute Gasteiger partial charge is 0.303 e. The predicted molar refractivity (Wildman–Crippen MR) is 45.1 cm³/mol. The van der Waals surface area contributed by atoms with E-state index in [1.807, 2.05) is 0 Å². The second-order valence-electron chi connectivity index (χ2n) is 3.27. The van der Waals surface area contributed by atoms with Gasteiger partial charge in [-0.3, -0.25) is 4.79 Å². The maximum Gasteiger partial charge on any atom is 0.303 e. The van der Waals surface area contributed by atoms with Gasteiger partial charge in [0.05, 0.1) is 6.10 Å². The Hall–Kier alpha value is -0.570. The molecule has 0 saturated heterocycles. The van der Waals surface area contributed by atoms with Crippen LogP contribution in [0.5, 0.6) is 0 Å². The minimum absolute atomic E-state index is 0.272. The first-order valence-electron chi connectivity index (χ1n) is 4.62. The first-order chi connectivity index (χ1) is 5.79. The number of rotatable bonds is 6. The van der Waals surface area contributed by atoms with Gasteiger partial charge in [0, 0.05) is 13.0 Å². The number of carboxylic acid groups (broad SMARTS) is 1. The van der Waals surface area contributed by atoms with Crippen LogP contribution in [-0.2, 0) is 9.53 Å².